The summed E-state index contributed by atoms with van der Waals surface area (Å²) in [4.78, 5) is 8.14. The minimum Gasteiger partial charge on any atom is -0.404 e. The number of aliphatic imine (C=N–C) groups is 1. The number of alkyl halides is 5. The smallest absolute Gasteiger partial charge is 0.404 e. The predicted octanol–water partition coefficient (Wildman–Crippen LogP) is 4.52. The fourth-order valence-electron chi connectivity index (χ4n) is 5.81. The largest absolute Gasteiger partial charge is 0.418 e. The molecule has 0 bridgehead atoms. The molecule has 2 saturated heterocycles. The summed E-state index contributed by atoms with van der Waals surface area (Å²) in [6.07, 6.45) is -10.1. The van der Waals surface area contributed by atoms with Gasteiger partial charge in [-0.05, 0) is 42.7 Å². The molecule has 2 aliphatic heterocycles. The lowest BCUT2D eigenvalue weighted by Crippen LogP contribution is -2.57. The first-order chi connectivity index (χ1) is 21.5. The highest BCUT2D eigenvalue weighted by atomic mass is 32.2. The highest BCUT2D eigenvalue weighted by Crippen LogP contribution is 2.54. The molecular formula is C29H29F8N3O5S. The van der Waals surface area contributed by atoms with Gasteiger partial charge in [-0.1, -0.05) is 0 Å². The van der Waals surface area contributed by atoms with Crippen molar-refractivity contribution in [2.75, 3.05) is 6.61 Å². The van der Waals surface area contributed by atoms with Crippen LogP contribution in [0.3, 0.4) is 0 Å². The summed E-state index contributed by atoms with van der Waals surface area (Å²) in [6, 6.07) is 1.75. The van der Waals surface area contributed by atoms with Crippen LogP contribution in [0.4, 0.5) is 35.1 Å². The second-order valence-corrected chi connectivity index (χ2v) is 12.6. The van der Waals surface area contributed by atoms with Gasteiger partial charge in [0.15, 0.2) is 17.5 Å². The number of aromatic nitrogens is 1. The Kier molecular flexibility index (Phi) is 9.75. The van der Waals surface area contributed by atoms with Gasteiger partial charge in [0.05, 0.1) is 28.7 Å². The number of ether oxygens (including phenoxy) is 2. The average molecular weight is 684 g/mol. The van der Waals surface area contributed by atoms with Crippen molar-refractivity contribution in [2.24, 2.45) is 10.7 Å². The number of nitrogens with two attached hydrogens (primary N) is 1. The van der Waals surface area contributed by atoms with E-state index in [0.29, 0.717) is 23.9 Å². The number of thioether (sulfide) groups is 1. The molecule has 46 heavy (non-hydrogen) atoms. The minimum absolute atomic E-state index is 0.116. The molecule has 1 aromatic carbocycles. The molecule has 0 amide bonds. The lowest BCUT2D eigenvalue weighted by atomic mass is 9.79. The van der Waals surface area contributed by atoms with E-state index in [0.717, 1.165) is 30.7 Å². The molecule has 252 valence electrons. The van der Waals surface area contributed by atoms with Crippen molar-refractivity contribution in [3.63, 3.8) is 0 Å². The molecule has 1 saturated carbocycles. The average Bonchev–Trinajstić information content (AvgIpc) is 3.37. The van der Waals surface area contributed by atoms with Crippen molar-refractivity contribution in [1.82, 2.24) is 4.98 Å². The molecule has 1 aliphatic carbocycles. The van der Waals surface area contributed by atoms with Gasteiger partial charge < -0.3 is 30.5 Å². The third-order valence-electron chi connectivity index (χ3n) is 8.30. The van der Waals surface area contributed by atoms with E-state index in [1.165, 1.54) is 0 Å². The number of benzene rings is 1. The Morgan fingerprint density at radius 1 is 1.09 bits per heavy atom. The van der Waals surface area contributed by atoms with Crippen LogP contribution in [0.1, 0.15) is 47.8 Å². The van der Waals surface area contributed by atoms with Crippen molar-refractivity contribution in [1.29, 1.82) is 0 Å². The fraction of sp³-hybridized carbons (Fsp3) is 0.517. The Bertz CT molecular complexity index is 1460. The molecule has 0 spiro atoms. The third kappa shape index (κ3) is 6.89. The summed E-state index contributed by atoms with van der Waals surface area (Å²) in [7, 11) is 0. The molecule has 2 aromatic rings. The SMILES string of the molecule is N/C=C(\C=NC1C(O)[C@H](S[C@H](c2ncccc2C(F)(F)F)C2(O)CCC(F)(F)CC2)OC2C(O)CO[C@H]12)c1cc(F)c(F)c(F)c1. The van der Waals surface area contributed by atoms with Crippen molar-refractivity contribution >= 4 is 23.5 Å². The number of hydrogen-bond acceptors (Lipinski definition) is 9. The zero-order valence-electron chi connectivity index (χ0n) is 23.7. The van der Waals surface area contributed by atoms with Crippen LogP contribution in [0.25, 0.3) is 5.57 Å². The molecule has 0 radical (unpaired) electrons. The zero-order chi connectivity index (χ0) is 33.6. The first-order valence-electron chi connectivity index (χ1n) is 14.1. The van der Waals surface area contributed by atoms with Crippen molar-refractivity contribution in [3.8, 4) is 0 Å². The van der Waals surface area contributed by atoms with Gasteiger partial charge in [-0.3, -0.25) is 9.98 Å². The summed E-state index contributed by atoms with van der Waals surface area (Å²) in [5.74, 6) is -7.88. The first-order valence-corrected chi connectivity index (χ1v) is 15.0. The van der Waals surface area contributed by atoms with Crippen LogP contribution in [-0.4, -0.2) is 80.5 Å². The number of rotatable bonds is 7. The Labute approximate surface area is 261 Å². The van der Waals surface area contributed by atoms with Crippen molar-refractivity contribution < 1.29 is 59.9 Å². The number of hydrogen-bond donors (Lipinski definition) is 4. The van der Waals surface area contributed by atoms with E-state index in [2.05, 4.69) is 9.98 Å². The Hall–Kier alpha value is -2.83. The number of nitrogens with zero attached hydrogens (tertiary/aromatic N) is 2. The van der Waals surface area contributed by atoms with E-state index in [4.69, 9.17) is 15.2 Å². The van der Waals surface area contributed by atoms with Crippen molar-refractivity contribution in [2.45, 2.75) is 84.5 Å². The monoisotopic (exact) mass is 683 g/mol. The Morgan fingerprint density at radius 3 is 2.35 bits per heavy atom. The molecule has 3 aliphatic rings. The summed E-state index contributed by atoms with van der Waals surface area (Å²) >= 11 is 0.509. The Morgan fingerprint density at radius 2 is 1.74 bits per heavy atom. The van der Waals surface area contributed by atoms with Gasteiger partial charge in [-0.15, -0.1) is 11.8 Å². The van der Waals surface area contributed by atoms with Gasteiger partial charge >= 0.3 is 6.18 Å². The molecule has 1 aromatic heterocycles. The first kappa shape index (κ1) is 34.5. The third-order valence-corrected chi connectivity index (χ3v) is 9.89. The van der Waals surface area contributed by atoms with Gasteiger partial charge in [-0.25, -0.2) is 22.0 Å². The molecule has 7 atom stereocenters. The van der Waals surface area contributed by atoms with Crippen LogP contribution in [0.2, 0.25) is 0 Å². The van der Waals surface area contributed by atoms with E-state index in [-0.39, 0.29) is 17.7 Å². The molecule has 17 heteroatoms. The molecular weight excluding hydrogens is 654 g/mol. The number of aliphatic hydroxyl groups excluding tert-OH is 2. The summed E-state index contributed by atoms with van der Waals surface area (Å²) in [6.45, 7) is -0.277. The van der Waals surface area contributed by atoms with Gasteiger partial charge in [0, 0.05) is 37.0 Å². The number of aliphatic hydroxyl groups is 3. The molecule has 5 rings (SSSR count). The van der Waals surface area contributed by atoms with Crippen LogP contribution in [0.5, 0.6) is 0 Å². The van der Waals surface area contributed by atoms with Gasteiger partial charge in [0.25, 0.3) is 0 Å². The number of fused-ring (bicyclic) bond motifs is 1. The van der Waals surface area contributed by atoms with E-state index in [1.807, 2.05) is 0 Å². The van der Waals surface area contributed by atoms with Gasteiger partial charge in [0.2, 0.25) is 5.92 Å². The predicted molar refractivity (Wildman–Crippen MR) is 149 cm³/mol. The topological polar surface area (TPSA) is 130 Å². The van der Waals surface area contributed by atoms with Crippen LogP contribution in [-0.2, 0) is 15.7 Å². The quantitative estimate of drug-likeness (QED) is 0.191. The molecule has 8 nitrogen and oxygen atoms in total. The van der Waals surface area contributed by atoms with Crippen LogP contribution in [0.15, 0.2) is 41.7 Å². The van der Waals surface area contributed by atoms with Gasteiger partial charge in [-0.2, -0.15) is 13.2 Å². The molecule has 3 fully saturated rings. The van der Waals surface area contributed by atoms with Crippen LogP contribution >= 0.6 is 11.8 Å². The highest BCUT2D eigenvalue weighted by Gasteiger charge is 2.56. The number of pyridine rings is 1. The van der Waals surface area contributed by atoms with Crippen LogP contribution < -0.4 is 5.73 Å². The van der Waals surface area contributed by atoms with Crippen molar-refractivity contribution in [3.05, 3.63) is 70.9 Å². The second kappa shape index (κ2) is 13.0. The summed E-state index contributed by atoms with van der Waals surface area (Å²) < 4.78 is 123. The molecule has 5 N–H and O–H groups in total. The number of allylic oxidation sites excluding steroid dienone is 1. The highest BCUT2D eigenvalue weighted by molar-refractivity contribution is 8.00. The maximum Gasteiger partial charge on any atom is 0.418 e. The fourth-order valence-corrected chi connectivity index (χ4v) is 7.40. The van der Waals surface area contributed by atoms with E-state index in [9.17, 15) is 50.4 Å². The molecule has 3 heterocycles. The maximum absolute atomic E-state index is 14.1. The normalized spacial score (nSPS) is 30.4. The lowest BCUT2D eigenvalue weighted by molar-refractivity contribution is -0.143. The maximum atomic E-state index is 14.1. The van der Waals surface area contributed by atoms with E-state index in [1.54, 1.807) is 0 Å². The van der Waals surface area contributed by atoms with Crippen LogP contribution in [0, 0.1) is 17.5 Å². The zero-order valence-corrected chi connectivity index (χ0v) is 24.5. The lowest BCUT2D eigenvalue weighted by Gasteiger charge is -2.45. The van der Waals surface area contributed by atoms with E-state index < -0.39 is 113 Å². The minimum atomic E-state index is -4.94. The summed E-state index contributed by atoms with van der Waals surface area (Å²) in [5, 5.41) is 32.0. The summed E-state index contributed by atoms with van der Waals surface area (Å²) in [5.41, 5.74) is -0.278. The molecule has 4 unspecified atom stereocenters. The van der Waals surface area contributed by atoms with Gasteiger partial charge in [0.1, 0.15) is 35.9 Å². The number of halogens is 8. The second-order valence-electron chi connectivity index (χ2n) is 11.4. The Balaban J connectivity index is 1.51. The van der Waals surface area contributed by atoms with E-state index >= 15 is 0 Å². The standard InChI is InChI=1S/C29H29F8N3O5S/c30-16-8-13(9-17(31)19(16)32)14(10-38)11-40-21-22(42)26(45-23-18(41)12-44-24(21)23)46-25(27(43)3-5-28(33,34)6-4-27)20-15(29(35,36)37)2-1-7-39-20/h1-2,7-11,18,21-26,41-43H,3-6,12,38H2/b14-10+,40-11?/t18?,21?,22?,23?,24-,25-,26+/m1/s1.